The van der Waals surface area contributed by atoms with E-state index in [0.717, 1.165) is 16.7 Å². The first-order valence-electron chi connectivity index (χ1n) is 7.30. The summed E-state index contributed by atoms with van der Waals surface area (Å²) in [6.07, 6.45) is 3.12. The van der Waals surface area contributed by atoms with Crippen molar-refractivity contribution in [2.75, 3.05) is 17.3 Å². The number of nitrogens with zero attached hydrogens (tertiary/aromatic N) is 2. The molecule has 124 valence electrons. The van der Waals surface area contributed by atoms with Crippen molar-refractivity contribution in [3.05, 3.63) is 47.2 Å². The molecule has 0 fully saturated rings. The van der Waals surface area contributed by atoms with E-state index in [4.69, 9.17) is 0 Å². The van der Waals surface area contributed by atoms with Crippen LogP contribution in [0.1, 0.15) is 16.7 Å². The Hall–Kier alpha value is -2.15. The third kappa shape index (κ3) is 5.52. The van der Waals surface area contributed by atoms with Gasteiger partial charge in [-0.15, -0.1) is 0 Å². The van der Waals surface area contributed by atoms with E-state index in [1.165, 1.54) is 10.9 Å². The molecule has 1 aromatic carbocycles. The van der Waals surface area contributed by atoms with E-state index in [1.54, 1.807) is 12.3 Å². The number of amides is 1. The quantitative estimate of drug-likeness (QED) is 0.871. The first-order chi connectivity index (χ1) is 10.7. The van der Waals surface area contributed by atoms with Gasteiger partial charge in [0.1, 0.15) is 9.84 Å². The molecular formula is C16H21N3O3S. The third-order valence-corrected chi connectivity index (χ3v) is 4.38. The summed E-state index contributed by atoms with van der Waals surface area (Å²) in [5, 5.41) is 6.89. The molecular weight excluding hydrogens is 314 g/mol. The maximum Gasteiger partial charge on any atom is 0.230 e. The average molecular weight is 335 g/mol. The Bertz CT molecular complexity index is 810. The third-order valence-electron chi connectivity index (χ3n) is 3.45. The average Bonchev–Trinajstić information content (AvgIpc) is 2.87. The lowest BCUT2D eigenvalue weighted by Crippen LogP contribution is -2.16. The van der Waals surface area contributed by atoms with Gasteiger partial charge in [-0.2, -0.15) is 5.10 Å². The number of carbonyl (C=O) groups excluding carboxylic acids is 1. The van der Waals surface area contributed by atoms with E-state index in [2.05, 4.69) is 10.4 Å². The second-order valence-electron chi connectivity index (χ2n) is 5.75. The molecule has 1 N–H and O–H groups in total. The Morgan fingerprint density at radius 1 is 1.26 bits per heavy atom. The molecule has 1 aromatic heterocycles. The van der Waals surface area contributed by atoms with Crippen molar-refractivity contribution in [3.63, 3.8) is 0 Å². The fraction of sp³-hybridized carbons (Fsp3) is 0.375. The second-order valence-corrected chi connectivity index (χ2v) is 8.01. The monoisotopic (exact) mass is 335 g/mol. The molecule has 2 rings (SSSR count). The van der Waals surface area contributed by atoms with Gasteiger partial charge in [-0.05, 0) is 25.0 Å². The van der Waals surface area contributed by atoms with Gasteiger partial charge in [0.05, 0.1) is 18.7 Å². The summed E-state index contributed by atoms with van der Waals surface area (Å²) in [6.45, 7) is 4.23. The van der Waals surface area contributed by atoms with E-state index in [-0.39, 0.29) is 24.6 Å². The van der Waals surface area contributed by atoms with Crippen molar-refractivity contribution in [1.29, 1.82) is 0 Å². The minimum absolute atomic E-state index is 0.0184. The summed E-state index contributed by atoms with van der Waals surface area (Å²) >= 11 is 0. The molecule has 2 aromatic rings. The molecule has 0 radical (unpaired) electrons. The first kappa shape index (κ1) is 17.2. The molecule has 0 aliphatic rings. The Labute approximate surface area is 136 Å². The van der Waals surface area contributed by atoms with Crippen LogP contribution in [0.3, 0.4) is 0 Å². The molecule has 0 atom stereocenters. The Morgan fingerprint density at radius 2 is 2.00 bits per heavy atom. The lowest BCUT2D eigenvalue weighted by molar-refractivity contribution is -0.115. The minimum atomic E-state index is -3.03. The number of anilines is 1. The van der Waals surface area contributed by atoms with Crippen LogP contribution in [-0.4, -0.2) is 36.1 Å². The highest BCUT2D eigenvalue weighted by Crippen LogP contribution is 2.12. The number of hydrogen-bond donors (Lipinski definition) is 1. The SMILES string of the molecule is Cc1ccc(C)c(CC(=O)Nc2ccn(CCS(C)(=O)=O)n2)c1. The topological polar surface area (TPSA) is 81.1 Å². The lowest BCUT2D eigenvalue weighted by Gasteiger charge is -2.07. The molecule has 0 saturated carbocycles. The molecule has 0 aliphatic carbocycles. The van der Waals surface area contributed by atoms with Crippen LogP contribution in [0.4, 0.5) is 5.82 Å². The summed E-state index contributed by atoms with van der Waals surface area (Å²) in [5.74, 6) is 0.297. The fourth-order valence-electron chi connectivity index (χ4n) is 2.16. The molecule has 0 saturated heterocycles. The number of benzene rings is 1. The zero-order valence-electron chi connectivity index (χ0n) is 13.5. The van der Waals surface area contributed by atoms with E-state index in [0.29, 0.717) is 5.82 Å². The molecule has 7 heteroatoms. The van der Waals surface area contributed by atoms with Crippen molar-refractivity contribution >= 4 is 21.6 Å². The number of nitrogens with one attached hydrogen (secondary N) is 1. The van der Waals surface area contributed by atoms with Gasteiger partial charge in [0.2, 0.25) is 5.91 Å². The highest BCUT2D eigenvalue weighted by molar-refractivity contribution is 7.90. The van der Waals surface area contributed by atoms with Gasteiger partial charge in [-0.3, -0.25) is 9.48 Å². The smallest absolute Gasteiger partial charge is 0.230 e. The lowest BCUT2D eigenvalue weighted by atomic mass is 10.0. The predicted octanol–water partition coefficient (Wildman–Crippen LogP) is 1.73. The van der Waals surface area contributed by atoms with Gasteiger partial charge in [0.15, 0.2) is 5.82 Å². The summed E-state index contributed by atoms with van der Waals surface area (Å²) in [4.78, 5) is 12.1. The van der Waals surface area contributed by atoms with E-state index < -0.39 is 9.84 Å². The Morgan fingerprint density at radius 3 is 2.70 bits per heavy atom. The van der Waals surface area contributed by atoms with Crippen LogP contribution in [-0.2, 0) is 27.6 Å². The van der Waals surface area contributed by atoms with Crippen LogP contribution in [0.15, 0.2) is 30.5 Å². The van der Waals surface area contributed by atoms with Crippen LogP contribution >= 0.6 is 0 Å². The van der Waals surface area contributed by atoms with Crippen LogP contribution in [0.5, 0.6) is 0 Å². The standard InChI is InChI=1S/C16H21N3O3S/c1-12-4-5-13(2)14(10-12)11-16(20)17-15-6-7-19(18-15)8-9-23(3,21)22/h4-7,10H,8-9,11H2,1-3H3,(H,17,18,20). The highest BCUT2D eigenvalue weighted by Gasteiger charge is 2.09. The van der Waals surface area contributed by atoms with Gasteiger partial charge >= 0.3 is 0 Å². The van der Waals surface area contributed by atoms with Gasteiger partial charge in [-0.1, -0.05) is 23.8 Å². The van der Waals surface area contributed by atoms with E-state index in [9.17, 15) is 13.2 Å². The molecule has 0 aliphatic heterocycles. The number of aromatic nitrogens is 2. The number of rotatable bonds is 6. The number of sulfone groups is 1. The maximum absolute atomic E-state index is 12.1. The second kappa shape index (κ2) is 6.95. The maximum atomic E-state index is 12.1. The Balaban J connectivity index is 1.95. The summed E-state index contributed by atoms with van der Waals surface area (Å²) in [6, 6.07) is 7.67. The first-order valence-corrected chi connectivity index (χ1v) is 9.36. The van der Waals surface area contributed by atoms with Gasteiger partial charge in [0, 0.05) is 18.5 Å². The zero-order valence-corrected chi connectivity index (χ0v) is 14.4. The van der Waals surface area contributed by atoms with Crippen molar-refractivity contribution in [2.24, 2.45) is 0 Å². The minimum Gasteiger partial charge on any atom is -0.309 e. The normalized spacial score (nSPS) is 11.4. The van der Waals surface area contributed by atoms with Crippen molar-refractivity contribution in [3.8, 4) is 0 Å². The van der Waals surface area contributed by atoms with Gasteiger partial charge in [0.25, 0.3) is 0 Å². The van der Waals surface area contributed by atoms with Gasteiger partial charge < -0.3 is 5.32 Å². The van der Waals surface area contributed by atoms with Crippen LogP contribution < -0.4 is 5.32 Å². The summed E-state index contributed by atoms with van der Waals surface area (Å²) < 4.78 is 23.8. The van der Waals surface area contributed by atoms with Crippen molar-refractivity contribution in [2.45, 2.75) is 26.8 Å². The number of aryl methyl sites for hydroxylation is 3. The highest BCUT2D eigenvalue weighted by atomic mass is 32.2. The van der Waals surface area contributed by atoms with Gasteiger partial charge in [-0.25, -0.2) is 8.42 Å². The molecule has 23 heavy (non-hydrogen) atoms. The summed E-state index contributed by atoms with van der Waals surface area (Å²) in [5.41, 5.74) is 3.17. The van der Waals surface area contributed by atoms with Crippen molar-refractivity contribution in [1.82, 2.24) is 9.78 Å². The molecule has 6 nitrogen and oxygen atoms in total. The largest absolute Gasteiger partial charge is 0.309 e. The van der Waals surface area contributed by atoms with E-state index >= 15 is 0 Å². The molecule has 1 amide bonds. The van der Waals surface area contributed by atoms with Crippen molar-refractivity contribution < 1.29 is 13.2 Å². The van der Waals surface area contributed by atoms with Crippen LogP contribution in [0, 0.1) is 13.8 Å². The predicted molar refractivity (Wildman–Crippen MR) is 90.2 cm³/mol. The van der Waals surface area contributed by atoms with Crippen LogP contribution in [0.25, 0.3) is 0 Å². The zero-order chi connectivity index (χ0) is 17.0. The molecule has 1 heterocycles. The summed E-state index contributed by atoms with van der Waals surface area (Å²) in [7, 11) is -3.03. The number of carbonyl (C=O) groups is 1. The molecule has 0 unspecified atom stereocenters. The molecule has 0 bridgehead atoms. The number of hydrogen-bond acceptors (Lipinski definition) is 4. The van der Waals surface area contributed by atoms with Crippen LogP contribution in [0.2, 0.25) is 0 Å². The van der Waals surface area contributed by atoms with E-state index in [1.807, 2.05) is 32.0 Å². The Kier molecular flexibility index (Phi) is 5.20. The molecule has 0 spiro atoms. The fourth-order valence-corrected chi connectivity index (χ4v) is 2.68.